The van der Waals surface area contributed by atoms with Crippen molar-refractivity contribution in [2.75, 3.05) is 13.1 Å². The molecule has 3 rings (SSSR count). The van der Waals surface area contributed by atoms with Gasteiger partial charge < -0.3 is 14.7 Å². The Balaban J connectivity index is 1.68. The van der Waals surface area contributed by atoms with E-state index in [1.165, 1.54) is 4.90 Å². The van der Waals surface area contributed by atoms with Crippen molar-refractivity contribution in [2.45, 2.75) is 19.4 Å². The van der Waals surface area contributed by atoms with Crippen LogP contribution in [-0.2, 0) is 16.1 Å². The Bertz CT molecular complexity index is 746. The fourth-order valence-electron chi connectivity index (χ4n) is 3.01. The highest BCUT2D eigenvalue weighted by Crippen LogP contribution is 2.32. The molecule has 2 aromatic rings. The van der Waals surface area contributed by atoms with E-state index in [0.29, 0.717) is 12.2 Å². The number of aryl methyl sites for hydroxylation is 1. The number of amides is 1. The average molecular weight is 340 g/mol. The summed E-state index contributed by atoms with van der Waals surface area (Å²) in [6, 6.07) is 13.1. The van der Waals surface area contributed by atoms with Crippen molar-refractivity contribution in [1.82, 2.24) is 9.88 Å². The summed E-state index contributed by atoms with van der Waals surface area (Å²) in [7, 11) is 0. The van der Waals surface area contributed by atoms with Crippen LogP contribution in [0.25, 0.3) is 0 Å². The molecule has 1 amide bonds. The minimum Gasteiger partial charge on any atom is -0.481 e. The summed E-state index contributed by atoms with van der Waals surface area (Å²) in [5.41, 5.74) is 2.59. The van der Waals surface area contributed by atoms with Crippen LogP contribution in [0.1, 0.15) is 22.7 Å². The van der Waals surface area contributed by atoms with Crippen molar-refractivity contribution in [2.24, 2.45) is 5.92 Å². The number of likely N-dealkylation sites (tertiary alicyclic amines) is 1. The zero-order chi connectivity index (χ0) is 17.8. The van der Waals surface area contributed by atoms with Crippen LogP contribution in [0.15, 0.2) is 48.7 Å². The normalized spacial score (nSPS) is 19.6. The van der Waals surface area contributed by atoms with Crippen molar-refractivity contribution in [3.63, 3.8) is 0 Å². The molecule has 0 spiro atoms. The monoisotopic (exact) mass is 340 g/mol. The number of hydrogen-bond donors (Lipinski definition) is 1. The zero-order valence-corrected chi connectivity index (χ0v) is 14.0. The van der Waals surface area contributed by atoms with E-state index in [2.05, 4.69) is 4.98 Å². The van der Waals surface area contributed by atoms with Crippen LogP contribution < -0.4 is 0 Å². The second kappa shape index (κ2) is 7.34. The molecule has 1 fully saturated rings. The Hall–Kier alpha value is -2.89. The molecule has 2 heterocycles. The van der Waals surface area contributed by atoms with Gasteiger partial charge in [0, 0.05) is 30.9 Å². The highest BCUT2D eigenvalue weighted by atomic mass is 16.6. The number of rotatable bonds is 4. The van der Waals surface area contributed by atoms with Crippen LogP contribution in [0.2, 0.25) is 0 Å². The van der Waals surface area contributed by atoms with Crippen LogP contribution in [0, 0.1) is 12.8 Å². The van der Waals surface area contributed by atoms with E-state index in [4.69, 9.17) is 4.74 Å². The van der Waals surface area contributed by atoms with Crippen molar-refractivity contribution in [1.29, 1.82) is 0 Å². The van der Waals surface area contributed by atoms with Gasteiger partial charge in [-0.25, -0.2) is 4.79 Å². The third-order valence-corrected chi connectivity index (χ3v) is 4.41. The molecule has 2 atom stereocenters. The summed E-state index contributed by atoms with van der Waals surface area (Å²) < 4.78 is 5.32. The summed E-state index contributed by atoms with van der Waals surface area (Å²) in [6.07, 6.45) is 1.22. The first-order valence-corrected chi connectivity index (χ1v) is 8.15. The first-order chi connectivity index (χ1) is 12.0. The number of nitrogens with zero attached hydrogens (tertiary/aromatic N) is 2. The van der Waals surface area contributed by atoms with E-state index in [1.807, 2.05) is 49.4 Å². The highest BCUT2D eigenvalue weighted by Gasteiger charge is 2.41. The number of carbonyl (C=O) groups excluding carboxylic acids is 1. The maximum atomic E-state index is 12.3. The molecule has 25 heavy (non-hydrogen) atoms. The van der Waals surface area contributed by atoms with Crippen molar-refractivity contribution < 1.29 is 19.4 Å². The third-order valence-electron chi connectivity index (χ3n) is 4.41. The minimum absolute atomic E-state index is 0.128. The fraction of sp³-hybridized carbons (Fsp3) is 0.316. The van der Waals surface area contributed by atoms with Gasteiger partial charge in [-0.3, -0.25) is 9.78 Å². The predicted octanol–water partition coefficient (Wildman–Crippen LogP) is 2.83. The highest BCUT2D eigenvalue weighted by molar-refractivity contribution is 5.75. The Morgan fingerprint density at radius 3 is 2.60 bits per heavy atom. The van der Waals surface area contributed by atoms with E-state index in [1.54, 1.807) is 6.20 Å². The molecule has 6 heteroatoms. The van der Waals surface area contributed by atoms with Gasteiger partial charge in [-0.1, -0.05) is 36.4 Å². The van der Waals surface area contributed by atoms with Gasteiger partial charge in [0.1, 0.15) is 6.61 Å². The van der Waals surface area contributed by atoms with Gasteiger partial charge in [-0.05, 0) is 24.1 Å². The average Bonchev–Trinajstić information content (AvgIpc) is 3.07. The summed E-state index contributed by atoms with van der Waals surface area (Å²) in [5.74, 6) is -1.94. The van der Waals surface area contributed by atoms with Crippen molar-refractivity contribution in [3.05, 3.63) is 65.5 Å². The van der Waals surface area contributed by atoms with Gasteiger partial charge in [0.05, 0.1) is 5.92 Å². The first-order valence-electron chi connectivity index (χ1n) is 8.15. The quantitative estimate of drug-likeness (QED) is 0.926. The summed E-state index contributed by atoms with van der Waals surface area (Å²) >= 11 is 0. The lowest BCUT2D eigenvalue weighted by molar-refractivity contribution is -0.141. The van der Waals surface area contributed by atoms with E-state index < -0.39 is 18.0 Å². The summed E-state index contributed by atoms with van der Waals surface area (Å²) in [5, 5.41) is 9.50. The molecule has 2 unspecified atom stereocenters. The molecule has 1 aromatic heterocycles. The number of benzene rings is 1. The molecule has 1 aliphatic rings. The lowest BCUT2D eigenvalue weighted by Crippen LogP contribution is -2.30. The molecule has 0 aliphatic carbocycles. The van der Waals surface area contributed by atoms with Gasteiger partial charge in [-0.2, -0.15) is 0 Å². The molecule has 130 valence electrons. The van der Waals surface area contributed by atoms with Crippen LogP contribution in [0.3, 0.4) is 0 Å². The van der Waals surface area contributed by atoms with Gasteiger partial charge >= 0.3 is 12.1 Å². The van der Waals surface area contributed by atoms with Crippen LogP contribution >= 0.6 is 0 Å². The number of pyridine rings is 1. The van der Waals surface area contributed by atoms with Gasteiger partial charge in [-0.15, -0.1) is 0 Å². The van der Waals surface area contributed by atoms with Crippen LogP contribution in [0.5, 0.6) is 0 Å². The topological polar surface area (TPSA) is 79.7 Å². The SMILES string of the molecule is Cc1ccc(C2CN(C(=O)OCc3ccccc3)CC2C(=O)O)nc1. The van der Waals surface area contributed by atoms with Crippen molar-refractivity contribution >= 4 is 12.1 Å². The molecule has 6 nitrogen and oxygen atoms in total. The van der Waals surface area contributed by atoms with Gasteiger partial charge in [0.25, 0.3) is 0 Å². The third kappa shape index (κ3) is 3.96. The Morgan fingerprint density at radius 2 is 1.96 bits per heavy atom. The van der Waals surface area contributed by atoms with Gasteiger partial charge in [0.2, 0.25) is 0 Å². The molecule has 1 N–H and O–H groups in total. The second-order valence-electron chi connectivity index (χ2n) is 6.26. The number of carboxylic acid groups (broad SMARTS) is 1. The number of ether oxygens (including phenoxy) is 1. The molecular formula is C19H20N2O4. The maximum Gasteiger partial charge on any atom is 0.410 e. The predicted molar refractivity (Wildman–Crippen MR) is 91.0 cm³/mol. The Kier molecular flexibility index (Phi) is 4.97. The van der Waals surface area contributed by atoms with E-state index in [-0.39, 0.29) is 19.1 Å². The number of carbonyl (C=O) groups is 2. The molecule has 1 saturated heterocycles. The molecular weight excluding hydrogens is 320 g/mol. The number of aromatic nitrogens is 1. The van der Waals surface area contributed by atoms with Crippen molar-refractivity contribution in [3.8, 4) is 0 Å². The molecule has 0 saturated carbocycles. The van der Waals surface area contributed by atoms with E-state index >= 15 is 0 Å². The van der Waals surface area contributed by atoms with Crippen LogP contribution in [-0.4, -0.2) is 40.1 Å². The number of hydrogen-bond acceptors (Lipinski definition) is 4. The molecule has 0 radical (unpaired) electrons. The van der Waals surface area contributed by atoms with Gasteiger partial charge in [0.15, 0.2) is 0 Å². The largest absolute Gasteiger partial charge is 0.481 e. The van der Waals surface area contributed by atoms with Crippen LogP contribution in [0.4, 0.5) is 4.79 Å². The number of carboxylic acids is 1. The standard InChI is InChI=1S/C19H20N2O4/c1-13-7-8-17(20-9-13)15-10-21(11-16(15)18(22)23)19(24)25-12-14-5-3-2-4-6-14/h2-9,15-16H,10-12H2,1H3,(H,22,23). The zero-order valence-electron chi connectivity index (χ0n) is 14.0. The first kappa shape index (κ1) is 17.0. The van der Waals surface area contributed by atoms with E-state index in [9.17, 15) is 14.7 Å². The lowest BCUT2D eigenvalue weighted by atomic mass is 9.92. The fourth-order valence-corrected chi connectivity index (χ4v) is 3.01. The van der Waals surface area contributed by atoms with E-state index in [0.717, 1.165) is 11.1 Å². The minimum atomic E-state index is -0.925. The molecule has 1 aliphatic heterocycles. The second-order valence-corrected chi connectivity index (χ2v) is 6.26. The summed E-state index contributed by atoms with van der Waals surface area (Å²) in [4.78, 5) is 29.7. The molecule has 0 bridgehead atoms. The summed E-state index contributed by atoms with van der Waals surface area (Å²) in [6.45, 7) is 2.51. The Labute approximate surface area is 146 Å². The lowest BCUT2D eigenvalue weighted by Gasteiger charge is -2.16. The maximum absolute atomic E-state index is 12.3. The number of aliphatic carboxylic acids is 1. The Morgan fingerprint density at radius 1 is 1.20 bits per heavy atom. The smallest absolute Gasteiger partial charge is 0.410 e. The molecule has 1 aromatic carbocycles.